The first kappa shape index (κ1) is 20.4. The van der Waals surface area contributed by atoms with E-state index in [1.165, 1.54) is 51.4 Å². The largest absolute Gasteiger partial charge is 0.203 e. The Morgan fingerprint density at radius 1 is 0.880 bits per heavy atom. The summed E-state index contributed by atoms with van der Waals surface area (Å²) < 4.78 is 27.6. The summed E-state index contributed by atoms with van der Waals surface area (Å²) in [6.07, 6.45) is 12.7. The van der Waals surface area contributed by atoms with Crippen LogP contribution in [-0.2, 0) is 6.42 Å². The van der Waals surface area contributed by atoms with E-state index >= 15 is 0 Å². The van der Waals surface area contributed by atoms with Crippen molar-refractivity contribution in [3.63, 3.8) is 0 Å². The quantitative estimate of drug-likeness (QED) is 0.514. The van der Waals surface area contributed by atoms with E-state index in [1.54, 1.807) is 19.1 Å². The standard InChI is InChI=1S/C22H32F2.CH4.2H2/c1-15-3-9-18(10-4-15)19-12-6-17(7-13-19)8-14-20-11-5-16(2)21(23)22(20)24;;;/h5,11,15,17-19H,3-4,6-10,12-14H2,1-2H3;1H4;2*1H. The Balaban J connectivity index is 0.00000225. The van der Waals surface area contributed by atoms with E-state index in [0.717, 1.165) is 24.2 Å². The molecule has 2 aliphatic carbocycles. The van der Waals surface area contributed by atoms with Crippen molar-refractivity contribution < 1.29 is 11.6 Å². The molecule has 0 heterocycles. The zero-order chi connectivity index (χ0) is 17.1. The second-order valence-corrected chi connectivity index (χ2v) is 8.51. The normalized spacial score (nSPS) is 29.9. The second kappa shape index (κ2) is 9.14. The Hall–Kier alpha value is -0.920. The zero-order valence-electron chi connectivity index (χ0n) is 15.3. The number of benzene rings is 1. The van der Waals surface area contributed by atoms with Gasteiger partial charge in [0, 0.05) is 2.85 Å². The lowest BCUT2D eigenvalue weighted by atomic mass is 9.69. The first-order chi connectivity index (χ1) is 11.5. The van der Waals surface area contributed by atoms with Crippen molar-refractivity contribution in [2.45, 2.75) is 85.5 Å². The predicted molar refractivity (Wildman–Crippen MR) is 107 cm³/mol. The number of rotatable bonds is 4. The molecule has 146 valence electrons. The highest BCUT2D eigenvalue weighted by Gasteiger charge is 2.29. The Kier molecular flexibility index (Phi) is 7.46. The molecule has 0 amide bonds. The van der Waals surface area contributed by atoms with Crippen LogP contribution < -0.4 is 0 Å². The molecule has 0 saturated heterocycles. The molecule has 0 spiro atoms. The van der Waals surface area contributed by atoms with Gasteiger partial charge in [-0.2, -0.15) is 0 Å². The highest BCUT2D eigenvalue weighted by atomic mass is 19.2. The minimum atomic E-state index is -0.664. The fourth-order valence-corrected chi connectivity index (χ4v) is 4.94. The maximum atomic E-state index is 14.0. The minimum absolute atomic E-state index is 0. The van der Waals surface area contributed by atoms with Gasteiger partial charge < -0.3 is 0 Å². The molecule has 25 heavy (non-hydrogen) atoms. The average molecular weight is 355 g/mol. The Labute approximate surface area is 156 Å². The van der Waals surface area contributed by atoms with Crippen molar-refractivity contribution >= 4 is 0 Å². The van der Waals surface area contributed by atoms with E-state index < -0.39 is 11.6 Å². The Morgan fingerprint density at radius 2 is 1.44 bits per heavy atom. The van der Waals surface area contributed by atoms with Gasteiger partial charge >= 0.3 is 0 Å². The summed E-state index contributed by atoms with van der Waals surface area (Å²) >= 11 is 0. The van der Waals surface area contributed by atoms with Crippen LogP contribution in [0.2, 0.25) is 0 Å². The first-order valence-corrected chi connectivity index (χ1v) is 9.98. The maximum absolute atomic E-state index is 14.0. The molecule has 3 rings (SSSR count). The summed E-state index contributed by atoms with van der Waals surface area (Å²) in [4.78, 5) is 0. The highest BCUT2D eigenvalue weighted by Crippen LogP contribution is 2.42. The van der Waals surface area contributed by atoms with Gasteiger partial charge in [-0.1, -0.05) is 52.2 Å². The fourth-order valence-electron chi connectivity index (χ4n) is 4.94. The average Bonchev–Trinajstić information content (AvgIpc) is 2.60. The molecule has 0 nitrogen and oxygen atoms in total. The molecule has 0 aliphatic heterocycles. The number of aryl methyl sites for hydroxylation is 2. The summed E-state index contributed by atoms with van der Waals surface area (Å²) in [5.41, 5.74) is 0.958. The van der Waals surface area contributed by atoms with Crippen LogP contribution in [0.5, 0.6) is 0 Å². The summed E-state index contributed by atoms with van der Waals surface area (Å²) in [6.45, 7) is 4.01. The summed E-state index contributed by atoms with van der Waals surface area (Å²) in [6, 6.07) is 3.47. The molecule has 0 radical (unpaired) electrons. The number of hydrogen-bond donors (Lipinski definition) is 0. The van der Waals surface area contributed by atoms with Crippen LogP contribution >= 0.6 is 0 Å². The predicted octanol–water partition coefficient (Wildman–Crippen LogP) is 7.97. The van der Waals surface area contributed by atoms with E-state index in [1.807, 2.05) is 0 Å². The van der Waals surface area contributed by atoms with Crippen LogP contribution in [0.25, 0.3) is 0 Å². The molecule has 0 unspecified atom stereocenters. The van der Waals surface area contributed by atoms with Crippen molar-refractivity contribution in [3.8, 4) is 0 Å². The van der Waals surface area contributed by atoms with Crippen LogP contribution in [-0.4, -0.2) is 0 Å². The number of halogens is 2. The molecule has 1 aromatic rings. The lowest BCUT2D eigenvalue weighted by Gasteiger charge is -2.37. The topological polar surface area (TPSA) is 0 Å². The van der Waals surface area contributed by atoms with Crippen molar-refractivity contribution in [1.82, 2.24) is 0 Å². The Bertz CT molecular complexity index is 546. The number of hydrogen-bond acceptors (Lipinski definition) is 0. The molecule has 0 atom stereocenters. The molecular formula is C23H40F2. The van der Waals surface area contributed by atoms with E-state index in [9.17, 15) is 8.78 Å². The van der Waals surface area contributed by atoms with Crippen molar-refractivity contribution in [2.24, 2.45) is 23.7 Å². The van der Waals surface area contributed by atoms with Crippen LogP contribution in [0.1, 0.15) is 86.1 Å². The van der Waals surface area contributed by atoms with Gasteiger partial charge in [-0.15, -0.1) is 0 Å². The van der Waals surface area contributed by atoms with Gasteiger partial charge in [0.2, 0.25) is 0 Å². The lowest BCUT2D eigenvalue weighted by Crippen LogP contribution is -2.25. The molecule has 0 N–H and O–H groups in total. The van der Waals surface area contributed by atoms with Gasteiger partial charge in [0.1, 0.15) is 0 Å². The Morgan fingerprint density at radius 3 is 2.04 bits per heavy atom. The molecular weight excluding hydrogens is 314 g/mol. The summed E-state index contributed by atoms with van der Waals surface area (Å²) in [5, 5.41) is 0. The monoisotopic (exact) mass is 354 g/mol. The van der Waals surface area contributed by atoms with Gasteiger partial charge in [-0.05, 0) is 80.2 Å². The van der Waals surface area contributed by atoms with Crippen molar-refractivity contribution in [2.75, 3.05) is 0 Å². The van der Waals surface area contributed by atoms with Crippen molar-refractivity contribution in [3.05, 3.63) is 34.9 Å². The molecule has 2 heteroatoms. The maximum Gasteiger partial charge on any atom is 0.162 e. The van der Waals surface area contributed by atoms with E-state index in [2.05, 4.69) is 6.92 Å². The molecule has 1 aromatic carbocycles. The van der Waals surface area contributed by atoms with Gasteiger partial charge in [0.05, 0.1) is 0 Å². The van der Waals surface area contributed by atoms with Crippen LogP contribution in [0.15, 0.2) is 12.1 Å². The van der Waals surface area contributed by atoms with Crippen LogP contribution in [0.3, 0.4) is 0 Å². The summed E-state index contributed by atoms with van der Waals surface area (Å²) in [7, 11) is 0. The molecule has 2 saturated carbocycles. The fraction of sp³-hybridized carbons (Fsp3) is 0.739. The first-order valence-electron chi connectivity index (χ1n) is 9.98. The van der Waals surface area contributed by atoms with E-state index in [-0.39, 0.29) is 10.3 Å². The molecule has 2 aliphatic rings. The molecule has 0 bridgehead atoms. The zero-order valence-corrected chi connectivity index (χ0v) is 15.3. The van der Waals surface area contributed by atoms with Gasteiger partial charge in [-0.3, -0.25) is 0 Å². The van der Waals surface area contributed by atoms with Crippen LogP contribution in [0, 0.1) is 42.2 Å². The SMILES string of the molecule is C.Cc1ccc(CCC2CCC(C3CCC(C)CC3)CC2)c(F)c1F.[HH].[HH]. The molecule has 0 aromatic heterocycles. The van der Waals surface area contributed by atoms with E-state index in [4.69, 9.17) is 0 Å². The van der Waals surface area contributed by atoms with Crippen molar-refractivity contribution in [1.29, 1.82) is 0 Å². The third-order valence-electron chi connectivity index (χ3n) is 6.80. The third kappa shape index (κ3) is 5.05. The van der Waals surface area contributed by atoms with Gasteiger partial charge in [0.25, 0.3) is 0 Å². The highest BCUT2D eigenvalue weighted by molar-refractivity contribution is 5.25. The smallest absolute Gasteiger partial charge is 0.162 e. The van der Waals surface area contributed by atoms with Gasteiger partial charge in [-0.25, -0.2) is 8.78 Å². The lowest BCUT2D eigenvalue weighted by molar-refractivity contribution is 0.147. The summed E-state index contributed by atoms with van der Waals surface area (Å²) in [5.74, 6) is 2.24. The van der Waals surface area contributed by atoms with Crippen LogP contribution in [0.4, 0.5) is 8.78 Å². The minimum Gasteiger partial charge on any atom is -0.203 e. The second-order valence-electron chi connectivity index (χ2n) is 8.51. The molecule has 2 fully saturated rings. The third-order valence-corrected chi connectivity index (χ3v) is 6.80. The van der Waals surface area contributed by atoms with Gasteiger partial charge in [0.15, 0.2) is 11.6 Å². The van der Waals surface area contributed by atoms with E-state index in [0.29, 0.717) is 23.5 Å².